The lowest BCUT2D eigenvalue weighted by atomic mass is 9.99. The van der Waals surface area contributed by atoms with E-state index in [1.807, 2.05) is 0 Å². The van der Waals surface area contributed by atoms with E-state index in [1.54, 1.807) is 24.3 Å². The zero-order valence-electron chi connectivity index (χ0n) is 11.3. The van der Waals surface area contributed by atoms with Gasteiger partial charge in [-0.2, -0.15) is 4.99 Å². The third-order valence-corrected chi connectivity index (χ3v) is 3.20. The van der Waals surface area contributed by atoms with Gasteiger partial charge in [-0.3, -0.25) is 0 Å². The number of aliphatic imine (C=N–C) groups is 1. The van der Waals surface area contributed by atoms with E-state index in [2.05, 4.69) is 22.4 Å². The van der Waals surface area contributed by atoms with Gasteiger partial charge >= 0.3 is 0 Å². The van der Waals surface area contributed by atoms with E-state index in [1.165, 1.54) is 0 Å². The molecule has 7 nitrogen and oxygen atoms in total. The molecule has 1 aliphatic rings. The van der Waals surface area contributed by atoms with E-state index < -0.39 is 37.3 Å². The maximum atomic E-state index is 9.84. The second-order valence-electron chi connectivity index (χ2n) is 4.51. The molecule has 0 bridgehead atoms. The van der Waals surface area contributed by atoms with Crippen LogP contribution in [0.15, 0.2) is 29.3 Å². The van der Waals surface area contributed by atoms with Gasteiger partial charge in [0.15, 0.2) is 0 Å². The lowest BCUT2D eigenvalue weighted by molar-refractivity contribution is -0.277. The Morgan fingerprint density at radius 2 is 1.77 bits per heavy atom. The first kappa shape index (κ1) is 19.0. The average Bonchev–Trinajstić information content (AvgIpc) is 2.50. The topological polar surface area (TPSA) is 112 Å². The highest BCUT2D eigenvalue weighted by Gasteiger charge is 2.44. The monoisotopic (exact) mass is 349 g/mol. The second kappa shape index (κ2) is 8.52. The summed E-state index contributed by atoms with van der Waals surface area (Å²) in [5, 5.41) is 40.5. The molecule has 2 rings (SSSR count). The van der Waals surface area contributed by atoms with Crippen LogP contribution in [-0.2, 0) is 4.74 Å². The molecule has 1 fully saturated rings. The molecule has 9 heteroatoms. The summed E-state index contributed by atoms with van der Waals surface area (Å²) < 4.78 is 10.6. The van der Waals surface area contributed by atoms with Crippen LogP contribution in [0.1, 0.15) is 0 Å². The van der Waals surface area contributed by atoms with Crippen LogP contribution in [0.2, 0.25) is 0 Å². The van der Waals surface area contributed by atoms with Crippen molar-refractivity contribution in [1.82, 2.24) is 0 Å². The largest absolute Gasteiger partial charge is 0.462 e. The van der Waals surface area contributed by atoms with Crippen molar-refractivity contribution in [1.29, 1.82) is 0 Å². The molecule has 0 amide bonds. The van der Waals surface area contributed by atoms with Crippen molar-refractivity contribution in [3.63, 3.8) is 0 Å². The van der Waals surface area contributed by atoms with Gasteiger partial charge in [-0.1, -0.05) is 0 Å². The van der Waals surface area contributed by atoms with Crippen LogP contribution < -0.4 is 4.74 Å². The smallest absolute Gasteiger partial charge is 0.229 e. The van der Waals surface area contributed by atoms with Crippen molar-refractivity contribution in [3.05, 3.63) is 24.3 Å². The number of thiocarbonyl (C=S) groups is 1. The van der Waals surface area contributed by atoms with Gasteiger partial charge < -0.3 is 29.9 Å². The van der Waals surface area contributed by atoms with E-state index in [4.69, 9.17) is 14.6 Å². The van der Waals surface area contributed by atoms with Gasteiger partial charge in [-0.25, -0.2) is 0 Å². The normalized spacial score (nSPS) is 30.8. The van der Waals surface area contributed by atoms with Crippen molar-refractivity contribution in [3.8, 4) is 5.75 Å². The predicted octanol–water partition coefficient (Wildman–Crippen LogP) is 0.0214. The van der Waals surface area contributed by atoms with Crippen molar-refractivity contribution in [2.24, 2.45) is 4.99 Å². The maximum absolute atomic E-state index is 9.84. The van der Waals surface area contributed by atoms with Crippen LogP contribution in [0.4, 0.5) is 5.69 Å². The Bertz CT molecular complexity index is 522. The molecular weight excluding hydrogens is 334 g/mol. The fourth-order valence-corrected chi connectivity index (χ4v) is 2.06. The van der Waals surface area contributed by atoms with Crippen molar-refractivity contribution in [2.75, 3.05) is 6.61 Å². The zero-order chi connectivity index (χ0) is 15.4. The number of rotatable bonds is 4. The Labute approximate surface area is 138 Å². The number of hydrogen-bond donors (Lipinski definition) is 4. The standard InChI is InChI=1S/C13H15NO6S.ClH/c15-5-9-10(16)11(17)12(18)13(20-9)19-8-3-1-7(2-4-8)14-6-21;/h1-4,9-13,15-18H,5H2;1H. The number of aliphatic hydroxyl groups excluding tert-OH is 4. The summed E-state index contributed by atoms with van der Waals surface area (Å²) in [4.78, 5) is 3.78. The molecule has 0 aromatic heterocycles. The number of benzene rings is 1. The van der Waals surface area contributed by atoms with Crippen molar-refractivity contribution in [2.45, 2.75) is 30.7 Å². The Morgan fingerprint density at radius 3 is 2.32 bits per heavy atom. The van der Waals surface area contributed by atoms with Crippen LogP contribution in [0.5, 0.6) is 5.75 Å². The number of halogens is 1. The van der Waals surface area contributed by atoms with Crippen LogP contribution in [0.3, 0.4) is 0 Å². The fourth-order valence-electron chi connectivity index (χ4n) is 1.95. The molecule has 1 aliphatic heterocycles. The minimum absolute atomic E-state index is 0. The quantitative estimate of drug-likeness (QED) is 0.448. The fraction of sp³-hybridized carbons (Fsp3) is 0.462. The molecule has 122 valence electrons. The first-order valence-corrected chi connectivity index (χ1v) is 6.62. The number of hydrogen-bond acceptors (Lipinski definition) is 8. The summed E-state index contributed by atoms with van der Waals surface area (Å²) in [6, 6.07) is 6.40. The van der Waals surface area contributed by atoms with Crippen LogP contribution in [-0.4, -0.2) is 62.9 Å². The molecule has 5 unspecified atom stereocenters. The van der Waals surface area contributed by atoms with Crippen LogP contribution in [0.25, 0.3) is 0 Å². The van der Waals surface area contributed by atoms with Crippen LogP contribution >= 0.6 is 24.6 Å². The SMILES string of the molecule is Cl.OCC1OC(Oc2ccc(N=C=S)cc2)C(O)C(O)C1O. The van der Waals surface area contributed by atoms with E-state index in [-0.39, 0.29) is 12.4 Å². The van der Waals surface area contributed by atoms with Crippen molar-refractivity contribution < 1.29 is 29.9 Å². The predicted molar refractivity (Wildman–Crippen MR) is 82.8 cm³/mol. The molecule has 4 N–H and O–H groups in total. The molecule has 1 aromatic carbocycles. The Hall–Kier alpha value is -1.09. The highest BCUT2D eigenvalue weighted by atomic mass is 35.5. The van der Waals surface area contributed by atoms with Gasteiger partial charge in [0, 0.05) is 0 Å². The van der Waals surface area contributed by atoms with Gasteiger partial charge in [-0.15, -0.1) is 12.4 Å². The number of ether oxygens (including phenoxy) is 2. The summed E-state index contributed by atoms with van der Waals surface area (Å²) in [6.07, 6.45) is -6.54. The third-order valence-electron chi connectivity index (χ3n) is 3.11. The van der Waals surface area contributed by atoms with E-state index >= 15 is 0 Å². The second-order valence-corrected chi connectivity index (χ2v) is 4.69. The zero-order valence-corrected chi connectivity index (χ0v) is 12.9. The Kier molecular flexibility index (Phi) is 7.34. The summed E-state index contributed by atoms with van der Waals surface area (Å²) in [6.45, 7) is -0.507. The molecular formula is C13H16ClNO6S. The van der Waals surface area contributed by atoms with Gasteiger partial charge in [0.25, 0.3) is 0 Å². The lowest BCUT2D eigenvalue weighted by Gasteiger charge is -2.39. The van der Waals surface area contributed by atoms with Gasteiger partial charge in [0.1, 0.15) is 30.2 Å². The van der Waals surface area contributed by atoms with E-state index in [9.17, 15) is 15.3 Å². The Morgan fingerprint density at radius 1 is 1.14 bits per heavy atom. The van der Waals surface area contributed by atoms with Gasteiger partial charge in [0.2, 0.25) is 6.29 Å². The molecule has 0 aliphatic carbocycles. The Balaban J connectivity index is 0.00000242. The highest BCUT2D eigenvalue weighted by molar-refractivity contribution is 7.78. The lowest BCUT2D eigenvalue weighted by Crippen LogP contribution is -2.60. The number of nitrogens with zero attached hydrogens (tertiary/aromatic N) is 1. The maximum Gasteiger partial charge on any atom is 0.229 e. The molecule has 0 spiro atoms. The first-order chi connectivity index (χ1) is 10.1. The molecule has 1 heterocycles. The number of isothiocyanates is 1. The van der Waals surface area contributed by atoms with Gasteiger partial charge in [0.05, 0.1) is 17.5 Å². The first-order valence-electron chi connectivity index (χ1n) is 6.22. The molecule has 1 saturated heterocycles. The minimum atomic E-state index is -1.47. The minimum Gasteiger partial charge on any atom is -0.462 e. The third kappa shape index (κ3) is 4.22. The molecule has 22 heavy (non-hydrogen) atoms. The average molecular weight is 350 g/mol. The number of aliphatic hydroxyl groups is 4. The summed E-state index contributed by atoms with van der Waals surface area (Å²) >= 11 is 4.49. The molecule has 5 atom stereocenters. The van der Waals surface area contributed by atoms with Crippen LogP contribution in [0, 0.1) is 0 Å². The highest BCUT2D eigenvalue weighted by Crippen LogP contribution is 2.25. The van der Waals surface area contributed by atoms with Crippen molar-refractivity contribution >= 4 is 35.5 Å². The summed E-state index contributed by atoms with van der Waals surface area (Å²) in [7, 11) is 0. The van der Waals surface area contributed by atoms with E-state index in [0.29, 0.717) is 11.4 Å². The van der Waals surface area contributed by atoms with Gasteiger partial charge in [-0.05, 0) is 36.5 Å². The van der Waals surface area contributed by atoms with E-state index in [0.717, 1.165) is 0 Å². The summed E-state index contributed by atoms with van der Waals surface area (Å²) in [5.74, 6) is 0.364. The molecule has 0 saturated carbocycles. The summed E-state index contributed by atoms with van der Waals surface area (Å²) in [5.41, 5.74) is 0.589. The molecule has 0 radical (unpaired) electrons. The molecule has 1 aromatic rings.